The minimum atomic E-state index is 0.393. The molecule has 1 aromatic rings. The first-order valence-corrected chi connectivity index (χ1v) is 5.44. The van der Waals surface area contributed by atoms with E-state index < -0.39 is 0 Å². The minimum Gasteiger partial charge on any atom is -0.368 e. The Hall–Kier alpha value is -0.820. The summed E-state index contributed by atoms with van der Waals surface area (Å²) < 4.78 is 5.33. The highest BCUT2D eigenvalue weighted by Crippen LogP contribution is 2.33. The summed E-state index contributed by atoms with van der Waals surface area (Å²) in [5.74, 6) is 0. The van der Waals surface area contributed by atoms with Crippen molar-refractivity contribution in [3.05, 3.63) is 34.4 Å². The Morgan fingerprint density at radius 1 is 1.29 bits per heavy atom. The van der Waals surface area contributed by atoms with Gasteiger partial charge in [-0.15, -0.1) is 0 Å². The molecule has 0 radical (unpaired) electrons. The first-order valence-electron chi connectivity index (χ1n) is 5.44. The quantitative estimate of drug-likeness (QED) is 0.666. The monoisotopic (exact) mass is 190 g/mol. The van der Waals surface area contributed by atoms with Crippen molar-refractivity contribution >= 4 is 0 Å². The van der Waals surface area contributed by atoms with Crippen LogP contribution < -0.4 is 0 Å². The summed E-state index contributed by atoms with van der Waals surface area (Å²) in [6.07, 6.45) is 2.81. The Bertz CT molecular complexity index is 337. The number of hydrogen-bond donors (Lipinski definition) is 0. The average Bonchev–Trinajstić information content (AvgIpc) is 2.94. The highest BCUT2D eigenvalue weighted by Gasteiger charge is 2.26. The molecular weight excluding hydrogens is 172 g/mol. The van der Waals surface area contributed by atoms with Crippen LogP contribution >= 0.6 is 0 Å². The van der Waals surface area contributed by atoms with Crippen molar-refractivity contribution in [3.63, 3.8) is 0 Å². The van der Waals surface area contributed by atoms with E-state index in [2.05, 4.69) is 32.9 Å². The smallest absolute Gasteiger partial charge is 0.106 e. The Kier molecular flexibility index (Phi) is 2.60. The van der Waals surface area contributed by atoms with Crippen molar-refractivity contribution in [2.24, 2.45) is 0 Å². The molecule has 0 N–H and O–H groups in total. The van der Waals surface area contributed by atoms with Gasteiger partial charge in [-0.25, -0.2) is 0 Å². The molecule has 1 heterocycles. The molecule has 76 valence electrons. The molecule has 1 saturated heterocycles. The molecule has 0 unspecified atom stereocenters. The molecule has 14 heavy (non-hydrogen) atoms. The summed E-state index contributed by atoms with van der Waals surface area (Å²) in [5, 5.41) is 0. The minimum absolute atomic E-state index is 0.393. The van der Waals surface area contributed by atoms with Crippen LogP contribution in [-0.2, 0) is 11.2 Å². The van der Waals surface area contributed by atoms with Crippen LogP contribution in [0.2, 0.25) is 0 Å². The Balaban J connectivity index is 2.33. The van der Waals surface area contributed by atoms with Crippen LogP contribution in [0.4, 0.5) is 0 Å². The van der Waals surface area contributed by atoms with Gasteiger partial charge in [0.15, 0.2) is 0 Å². The molecular formula is C13H18O. The van der Waals surface area contributed by atoms with E-state index in [0.29, 0.717) is 6.10 Å². The number of rotatable bonds is 3. The molecule has 1 aliphatic heterocycles. The third-order valence-corrected chi connectivity index (χ3v) is 2.92. The van der Waals surface area contributed by atoms with E-state index in [1.807, 2.05) is 0 Å². The zero-order valence-electron chi connectivity index (χ0n) is 9.26. The Morgan fingerprint density at radius 2 is 2.00 bits per heavy atom. The number of aryl methyl sites for hydroxylation is 3. The van der Waals surface area contributed by atoms with Gasteiger partial charge in [-0.2, -0.15) is 0 Å². The lowest BCUT2D eigenvalue weighted by Crippen LogP contribution is -1.95. The molecule has 1 heteroatoms. The van der Waals surface area contributed by atoms with Gasteiger partial charge in [0, 0.05) is 0 Å². The van der Waals surface area contributed by atoms with Gasteiger partial charge in [-0.05, 0) is 42.5 Å². The van der Waals surface area contributed by atoms with E-state index in [1.165, 1.54) is 35.1 Å². The number of benzene rings is 1. The van der Waals surface area contributed by atoms with Crippen molar-refractivity contribution in [2.75, 3.05) is 6.61 Å². The van der Waals surface area contributed by atoms with Crippen LogP contribution in [0.15, 0.2) is 12.1 Å². The second-order valence-electron chi connectivity index (χ2n) is 4.21. The van der Waals surface area contributed by atoms with E-state index in [4.69, 9.17) is 4.74 Å². The largest absolute Gasteiger partial charge is 0.368 e. The van der Waals surface area contributed by atoms with E-state index in [0.717, 1.165) is 6.61 Å². The van der Waals surface area contributed by atoms with E-state index in [9.17, 15) is 0 Å². The topological polar surface area (TPSA) is 12.5 Å². The van der Waals surface area contributed by atoms with Gasteiger partial charge in [0.05, 0.1) is 6.61 Å². The zero-order chi connectivity index (χ0) is 10.1. The first kappa shape index (κ1) is 9.72. The number of ether oxygens (including phenoxy) is 1. The predicted molar refractivity (Wildman–Crippen MR) is 58.6 cm³/mol. The third kappa shape index (κ3) is 1.83. The average molecular weight is 190 g/mol. The molecule has 1 atom stereocenters. The maximum absolute atomic E-state index is 5.33. The summed E-state index contributed by atoms with van der Waals surface area (Å²) in [4.78, 5) is 0. The molecule has 1 aliphatic rings. The molecule has 1 aromatic carbocycles. The summed E-state index contributed by atoms with van der Waals surface area (Å²) in [7, 11) is 0. The molecule has 1 nitrogen and oxygen atoms in total. The van der Waals surface area contributed by atoms with Gasteiger partial charge in [0.25, 0.3) is 0 Å². The van der Waals surface area contributed by atoms with Gasteiger partial charge >= 0.3 is 0 Å². The second-order valence-corrected chi connectivity index (χ2v) is 4.21. The van der Waals surface area contributed by atoms with Crippen LogP contribution in [0.1, 0.15) is 41.7 Å². The second kappa shape index (κ2) is 3.74. The fourth-order valence-corrected chi connectivity index (χ4v) is 2.01. The third-order valence-electron chi connectivity index (χ3n) is 2.92. The molecule has 0 aliphatic carbocycles. The van der Waals surface area contributed by atoms with Crippen molar-refractivity contribution < 1.29 is 4.74 Å². The van der Waals surface area contributed by atoms with Crippen molar-refractivity contribution in [2.45, 2.75) is 39.7 Å². The van der Waals surface area contributed by atoms with Crippen molar-refractivity contribution in [1.82, 2.24) is 0 Å². The number of epoxide rings is 1. The summed E-state index contributed by atoms with van der Waals surface area (Å²) >= 11 is 0. The molecule has 0 spiro atoms. The first-order chi connectivity index (χ1) is 6.72. The van der Waals surface area contributed by atoms with Crippen LogP contribution in [0.3, 0.4) is 0 Å². The lowest BCUT2D eigenvalue weighted by atomic mass is 9.96. The van der Waals surface area contributed by atoms with Crippen LogP contribution in [0.5, 0.6) is 0 Å². The SMILES string of the molecule is CCCc1cc(C)c([C@H]2CO2)cc1C. The lowest BCUT2D eigenvalue weighted by molar-refractivity contribution is 0.415. The van der Waals surface area contributed by atoms with Gasteiger partial charge in [-0.1, -0.05) is 25.5 Å². The highest BCUT2D eigenvalue weighted by molar-refractivity contribution is 5.39. The van der Waals surface area contributed by atoms with Crippen LogP contribution in [0.25, 0.3) is 0 Å². The van der Waals surface area contributed by atoms with Crippen molar-refractivity contribution in [1.29, 1.82) is 0 Å². The standard InChI is InChI=1S/C13H18O/c1-4-5-11-6-10(3)12(7-9(11)2)13-8-14-13/h6-7,13H,4-5,8H2,1-3H3/t13-/m1/s1. The van der Waals surface area contributed by atoms with E-state index in [-0.39, 0.29) is 0 Å². The normalized spacial score (nSPS) is 19.8. The Morgan fingerprint density at radius 3 is 2.57 bits per heavy atom. The fraction of sp³-hybridized carbons (Fsp3) is 0.538. The summed E-state index contributed by atoms with van der Waals surface area (Å²) in [6.45, 7) is 7.53. The van der Waals surface area contributed by atoms with Gasteiger partial charge < -0.3 is 4.74 Å². The maximum atomic E-state index is 5.33. The number of hydrogen-bond acceptors (Lipinski definition) is 1. The van der Waals surface area contributed by atoms with Gasteiger partial charge in [-0.3, -0.25) is 0 Å². The molecule has 2 rings (SSSR count). The van der Waals surface area contributed by atoms with E-state index >= 15 is 0 Å². The Labute approximate surface area is 86.1 Å². The molecule has 0 bridgehead atoms. The summed E-state index contributed by atoms with van der Waals surface area (Å²) in [5.41, 5.74) is 5.70. The van der Waals surface area contributed by atoms with Crippen LogP contribution in [0, 0.1) is 13.8 Å². The van der Waals surface area contributed by atoms with Crippen molar-refractivity contribution in [3.8, 4) is 0 Å². The van der Waals surface area contributed by atoms with Gasteiger partial charge in [0.1, 0.15) is 6.10 Å². The van der Waals surface area contributed by atoms with Gasteiger partial charge in [0.2, 0.25) is 0 Å². The van der Waals surface area contributed by atoms with Crippen LogP contribution in [-0.4, -0.2) is 6.61 Å². The highest BCUT2D eigenvalue weighted by atomic mass is 16.6. The molecule has 1 fully saturated rings. The fourth-order valence-electron chi connectivity index (χ4n) is 2.01. The molecule has 0 aromatic heterocycles. The molecule has 0 saturated carbocycles. The van der Waals surface area contributed by atoms with E-state index in [1.54, 1.807) is 0 Å². The maximum Gasteiger partial charge on any atom is 0.106 e. The summed E-state index contributed by atoms with van der Waals surface area (Å²) in [6, 6.07) is 4.63. The predicted octanol–water partition coefficient (Wildman–Crippen LogP) is 3.33. The lowest BCUT2D eigenvalue weighted by Gasteiger charge is -2.09. The molecule has 0 amide bonds. The zero-order valence-corrected chi connectivity index (χ0v) is 9.26.